The van der Waals surface area contributed by atoms with Crippen molar-refractivity contribution in [2.24, 2.45) is 11.8 Å². The van der Waals surface area contributed by atoms with E-state index >= 15 is 0 Å². The average molecular weight is 250 g/mol. The summed E-state index contributed by atoms with van der Waals surface area (Å²) in [6.07, 6.45) is 11.7. The Labute approximate surface area is 110 Å². The number of hydrogen-bond donors (Lipinski definition) is 2. The van der Waals surface area contributed by atoms with Crippen LogP contribution in [0.4, 0.5) is 0 Å². The van der Waals surface area contributed by atoms with Gasteiger partial charge in [-0.15, -0.1) is 0 Å². The third kappa shape index (κ3) is 2.71. The summed E-state index contributed by atoms with van der Waals surface area (Å²) in [6, 6.07) is 0.723. The topological polar surface area (TPSA) is 41.1 Å². The zero-order valence-corrected chi connectivity index (χ0v) is 11.3. The van der Waals surface area contributed by atoms with Gasteiger partial charge in [-0.2, -0.15) is 0 Å². The van der Waals surface area contributed by atoms with E-state index in [1.54, 1.807) is 0 Å². The fourth-order valence-electron chi connectivity index (χ4n) is 3.83. The zero-order valence-electron chi connectivity index (χ0n) is 11.3. The van der Waals surface area contributed by atoms with Crippen LogP contribution in [0.5, 0.6) is 0 Å². The molecule has 0 aromatic carbocycles. The second-order valence-electron chi connectivity index (χ2n) is 6.48. The van der Waals surface area contributed by atoms with Crippen LogP contribution in [-0.4, -0.2) is 24.5 Å². The molecule has 0 aromatic rings. The number of carbonyl (C=O) groups excluding carboxylic acids is 1. The van der Waals surface area contributed by atoms with E-state index < -0.39 is 0 Å². The molecule has 18 heavy (non-hydrogen) atoms. The normalized spacial score (nSPS) is 35.9. The molecule has 3 aliphatic rings. The van der Waals surface area contributed by atoms with Crippen molar-refractivity contribution in [2.75, 3.05) is 6.54 Å². The fraction of sp³-hybridized carbons (Fsp3) is 0.933. The van der Waals surface area contributed by atoms with Gasteiger partial charge < -0.3 is 10.6 Å². The quantitative estimate of drug-likeness (QED) is 0.803. The van der Waals surface area contributed by atoms with Crippen molar-refractivity contribution < 1.29 is 4.79 Å². The van der Waals surface area contributed by atoms with Crippen molar-refractivity contribution in [2.45, 2.75) is 69.9 Å². The number of rotatable bonds is 4. The Balaban J connectivity index is 1.39. The van der Waals surface area contributed by atoms with E-state index in [-0.39, 0.29) is 11.9 Å². The van der Waals surface area contributed by atoms with Crippen LogP contribution in [0.1, 0.15) is 57.8 Å². The summed E-state index contributed by atoms with van der Waals surface area (Å²) >= 11 is 0. The minimum atomic E-state index is 0.0968. The van der Waals surface area contributed by atoms with E-state index in [2.05, 4.69) is 10.6 Å². The van der Waals surface area contributed by atoms with Crippen LogP contribution in [0.2, 0.25) is 0 Å². The summed E-state index contributed by atoms with van der Waals surface area (Å²) in [7, 11) is 0. The Bertz CT molecular complexity index is 287. The molecule has 3 rings (SSSR count). The molecule has 1 heterocycles. The molecule has 102 valence electrons. The smallest absolute Gasteiger partial charge is 0.237 e. The van der Waals surface area contributed by atoms with Crippen LogP contribution < -0.4 is 10.6 Å². The third-order valence-corrected chi connectivity index (χ3v) is 5.26. The first-order chi connectivity index (χ1) is 8.83. The Morgan fingerprint density at radius 3 is 2.67 bits per heavy atom. The summed E-state index contributed by atoms with van der Waals surface area (Å²) in [5.74, 6) is 1.91. The summed E-state index contributed by atoms with van der Waals surface area (Å²) in [6.45, 7) is 0.886. The van der Waals surface area contributed by atoms with Crippen LogP contribution >= 0.6 is 0 Å². The highest BCUT2D eigenvalue weighted by Gasteiger charge is 2.37. The standard InChI is InChI=1S/C15H26N2O/c18-15(16-9-8-11-4-3-5-11)14-10-12-6-1-2-7-13(12)17-14/h11-14,17H,1-10H2,(H,16,18). The van der Waals surface area contributed by atoms with Gasteiger partial charge in [0.15, 0.2) is 0 Å². The molecule has 1 amide bonds. The first-order valence-electron chi connectivity index (χ1n) is 7.86. The van der Waals surface area contributed by atoms with Gasteiger partial charge in [0.1, 0.15) is 0 Å². The van der Waals surface area contributed by atoms with Gasteiger partial charge in [-0.3, -0.25) is 4.79 Å². The van der Waals surface area contributed by atoms with Crippen molar-refractivity contribution in [3.05, 3.63) is 0 Å². The Hall–Kier alpha value is -0.570. The SMILES string of the molecule is O=C(NCCC1CCC1)C1CC2CCCCC2N1. The molecule has 3 nitrogen and oxygen atoms in total. The molecule has 3 fully saturated rings. The largest absolute Gasteiger partial charge is 0.355 e. The minimum Gasteiger partial charge on any atom is -0.355 e. The van der Waals surface area contributed by atoms with Crippen molar-refractivity contribution >= 4 is 5.91 Å². The molecule has 0 radical (unpaired) electrons. The Morgan fingerprint density at radius 1 is 1.11 bits per heavy atom. The highest BCUT2D eigenvalue weighted by atomic mass is 16.2. The van der Waals surface area contributed by atoms with Crippen molar-refractivity contribution in [3.8, 4) is 0 Å². The Morgan fingerprint density at radius 2 is 1.94 bits per heavy atom. The lowest BCUT2D eigenvalue weighted by Gasteiger charge is -2.25. The molecule has 3 atom stereocenters. The Kier molecular flexibility index (Phi) is 3.88. The molecule has 1 aliphatic heterocycles. The van der Waals surface area contributed by atoms with Gasteiger partial charge in [-0.25, -0.2) is 0 Å². The summed E-state index contributed by atoms with van der Waals surface area (Å²) < 4.78 is 0. The van der Waals surface area contributed by atoms with E-state index in [0.717, 1.165) is 24.8 Å². The molecule has 0 bridgehead atoms. The molecule has 1 saturated heterocycles. The van der Waals surface area contributed by atoms with Gasteiger partial charge in [0.25, 0.3) is 0 Å². The molecular formula is C15H26N2O. The van der Waals surface area contributed by atoms with Gasteiger partial charge in [0.05, 0.1) is 6.04 Å². The lowest BCUT2D eigenvalue weighted by molar-refractivity contribution is -0.122. The van der Waals surface area contributed by atoms with Crippen molar-refractivity contribution in [3.63, 3.8) is 0 Å². The van der Waals surface area contributed by atoms with Crippen LogP contribution in [0, 0.1) is 11.8 Å². The maximum absolute atomic E-state index is 12.1. The minimum absolute atomic E-state index is 0.0968. The van der Waals surface area contributed by atoms with E-state index in [0.29, 0.717) is 6.04 Å². The number of fused-ring (bicyclic) bond motifs is 1. The van der Waals surface area contributed by atoms with Crippen molar-refractivity contribution in [1.29, 1.82) is 0 Å². The second kappa shape index (κ2) is 5.60. The predicted molar refractivity (Wildman–Crippen MR) is 72.3 cm³/mol. The molecule has 0 aromatic heterocycles. The van der Waals surface area contributed by atoms with Gasteiger partial charge in [-0.05, 0) is 37.5 Å². The first-order valence-corrected chi connectivity index (χ1v) is 7.86. The second-order valence-corrected chi connectivity index (χ2v) is 6.48. The fourth-order valence-corrected chi connectivity index (χ4v) is 3.83. The maximum atomic E-state index is 12.1. The van der Waals surface area contributed by atoms with E-state index in [4.69, 9.17) is 0 Å². The highest BCUT2D eigenvalue weighted by Crippen LogP contribution is 2.33. The lowest BCUT2D eigenvalue weighted by Crippen LogP contribution is -2.43. The molecule has 3 unspecified atom stereocenters. The predicted octanol–water partition coefficient (Wildman–Crippen LogP) is 2.21. The molecule has 2 aliphatic carbocycles. The van der Waals surface area contributed by atoms with Gasteiger partial charge >= 0.3 is 0 Å². The lowest BCUT2D eigenvalue weighted by atomic mass is 9.83. The van der Waals surface area contributed by atoms with Gasteiger partial charge in [-0.1, -0.05) is 32.1 Å². The molecule has 2 N–H and O–H groups in total. The summed E-state index contributed by atoms with van der Waals surface area (Å²) in [5.41, 5.74) is 0. The van der Waals surface area contributed by atoms with E-state index in [9.17, 15) is 4.79 Å². The number of hydrogen-bond acceptors (Lipinski definition) is 2. The summed E-state index contributed by atoms with van der Waals surface area (Å²) in [5, 5.41) is 6.68. The first kappa shape index (κ1) is 12.5. The number of amides is 1. The highest BCUT2D eigenvalue weighted by molar-refractivity contribution is 5.82. The van der Waals surface area contributed by atoms with Crippen LogP contribution in [0.25, 0.3) is 0 Å². The number of carbonyl (C=O) groups is 1. The van der Waals surface area contributed by atoms with Gasteiger partial charge in [0.2, 0.25) is 5.91 Å². The number of nitrogens with one attached hydrogen (secondary N) is 2. The average Bonchev–Trinajstić information content (AvgIpc) is 2.75. The van der Waals surface area contributed by atoms with E-state index in [1.807, 2.05) is 0 Å². The molecule has 2 saturated carbocycles. The van der Waals surface area contributed by atoms with E-state index in [1.165, 1.54) is 51.4 Å². The monoisotopic (exact) mass is 250 g/mol. The molecule has 0 spiro atoms. The maximum Gasteiger partial charge on any atom is 0.237 e. The zero-order chi connectivity index (χ0) is 12.4. The van der Waals surface area contributed by atoms with Crippen LogP contribution in [0.15, 0.2) is 0 Å². The van der Waals surface area contributed by atoms with Gasteiger partial charge in [0, 0.05) is 12.6 Å². The molecular weight excluding hydrogens is 224 g/mol. The van der Waals surface area contributed by atoms with Crippen LogP contribution in [-0.2, 0) is 4.79 Å². The van der Waals surface area contributed by atoms with Crippen molar-refractivity contribution in [1.82, 2.24) is 10.6 Å². The molecule has 3 heteroatoms. The third-order valence-electron chi connectivity index (χ3n) is 5.26. The summed E-state index contributed by atoms with van der Waals surface area (Å²) in [4.78, 5) is 12.1. The van der Waals surface area contributed by atoms with Crippen LogP contribution in [0.3, 0.4) is 0 Å².